The number of hydrogen-bond acceptors (Lipinski definition) is 8. The molecule has 35 heavy (non-hydrogen) atoms. The summed E-state index contributed by atoms with van der Waals surface area (Å²) in [5, 5.41) is 22.9. The van der Waals surface area contributed by atoms with Gasteiger partial charge in [0.1, 0.15) is 13.2 Å². The van der Waals surface area contributed by atoms with E-state index in [-0.39, 0.29) is 0 Å². The van der Waals surface area contributed by atoms with E-state index >= 15 is 0 Å². The molecule has 0 fully saturated rings. The highest BCUT2D eigenvalue weighted by Gasteiger charge is 2.16. The molecule has 0 unspecified atom stereocenters. The van der Waals surface area contributed by atoms with E-state index in [0.717, 1.165) is 27.0 Å². The second kappa shape index (κ2) is 9.91. The number of ether oxygens (including phenoxy) is 2. The van der Waals surface area contributed by atoms with E-state index in [2.05, 4.69) is 14.7 Å². The number of carbonyl (C=O) groups is 1. The number of carboxylic acids is 1. The molecule has 1 aliphatic rings. The van der Waals surface area contributed by atoms with Gasteiger partial charge in [0.25, 0.3) is 0 Å². The Morgan fingerprint density at radius 3 is 2.80 bits per heavy atom. The fourth-order valence-corrected chi connectivity index (χ4v) is 4.75. The molecule has 0 amide bonds. The molecule has 0 spiro atoms. The van der Waals surface area contributed by atoms with E-state index in [1.54, 1.807) is 0 Å². The quantitative estimate of drug-likeness (QED) is 0.300. The van der Waals surface area contributed by atoms with Crippen LogP contribution in [-0.2, 0) is 4.79 Å². The first-order chi connectivity index (χ1) is 17.0. The molecule has 8 nitrogen and oxygen atoms in total. The number of anilines is 2. The van der Waals surface area contributed by atoms with E-state index < -0.39 is 18.6 Å². The van der Waals surface area contributed by atoms with Gasteiger partial charge in [-0.25, -0.2) is 4.79 Å². The molecule has 178 valence electrons. The second-order valence-corrected chi connectivity index (χ2v) is 8.94. The SMILES string of the molecule is O=C(O)[C@@H](CO)N=Cc1ccc2c(Nc3cccc(-c4ccc5c(c4)OCCO5)c3Cl)nsc2c1. The number of rotatable bonds is 7. The van der Waals surface area contributed by atoms with Crippen molar-refractivity contribution in [3.05, 3.63) is 65.2 Å². The topological polar surface area (TPSA) is 113 Å². The summed E-state index contributed by atoms with van der Waals surface area (Å²) in [6, 6.07) is 15.9. The van der Waals surface area contributed by atoms with Crippen LogP contribution >= 0.6 is 23.1 Å². The molecule has 0 saturated heterocycles. The van der Waals surface area contributed by atoms with Crippen LogP contribution in [0.2, 0.25) is 5.02 Å². The van der Waals surface area contributed by atoms with Crippen molar-refractivity contribution in [1.82, 2.24) is 4.37 Å². The highest BCUT2D eigenvalue weighted by molar-refractivity contribution is 7.13. The van der Waals surface area contributed by atoms with Crippen molar-refractivity contribution in [2.75, 3.05) is 25.1 Å². The number of aliphatic imine (C=N–C) groups is 1. The zero-order valence-corrected chi connectivity index (χ0v) is 19.8. The average Bonchev–Trinajstić information content (AvgIpc) is 3.27. The minimum atomic E-state index is -1.19. The summed E-state index contributed by atoms with van der Waals surface area (Å²) in [4.78, 5) is 15.0. The van der Waals surface area contributed by atoms with Gasteiger partial charge in [-0.05, 0) is 53.0 Å². The molecule has 0 aliphatic carbocycles. The van der Waals surface area contributed by atoms with Crippen LogP contribution in [0.4, 0.5) is 11.5 Å². The number of aliphatic hydroxyl groups is 1. The Kier molecular flexibility index (Phi) is 6.54. The van der Waals surface area contributed by atoms with Crippen LogP contribution in [0.15, 0.2) is 59.6 Å². The van der Waals surface area contributed by atoms with Gasteiger partial charge in [0.15, 0.2) is 23.4 Å². The predicted octanol–water partition coefficient (Wildman–Crippen LogP) is 5.00. The summed E-state index contributed by atoms with van der Waals surface area (Å²) in [6.45, 7) is 0.487. The normalized spacial score (nSPS) is 13.8. The summed E-state index contributed by atoms with van der Waals surface area (Å²) < 4.78 is 16.7. The molecule has 10 heteroatoms. The van der Waals surface area contributed by atoms with E-state index in [0.29, 0.717) is 41.1 Å². The van der Waals surface area contributed by atoms with Crippen LogP contribution in [0, 0.1) is 0 Å². The molecule has 3 aromatic carbocycles. The lowest BCUT2D eigenvalue weighted by Crippen LogP contribution is -2.22. The number of fused-ring (bicyclic) bond motifs is 2. The zero-order chi connectivity index (χ0) is 24.4. The number of nitrogens with zero attached hydrogens (tertiary/aromatic N) is 2. The van der Waals surface area contributed by atoms with Crippen molar-refractivity contribution in [1.29, 1.82) is 0 Å². The Balaban J connectivity index is 1.40. The first-order valence-corrected chi connectivity index (χ1v) is 11.9. The Morgan fingerprint density at radius 2 is 2.00 bits per heavy atom. The lowest BCUT2D eigenvalue weighted by Gasteiger charge is -2.19. The third-order valence-corrected chi connectivity index (χ3v) is 6.68. The standard InChI is InChI=1S/C25H20ClN3O5S/c26-23-16(15-5-7-20-21(11-15)34-9-8-33-20)2-1-3-18(23)28-24-17-6-4-14(10-22(17)35-29-24)12-27-19(13-30)25(31)32/h1-7,10-12,19,30H,8-9,13H2,(H,28,29)(H,31,32)/t19-/m1/s1. The summed E-state index contributed by atoms with van der Waals surface area (Å²) in [7, 11) is 0. The lowest BCUT2D eigenvalue weighted by molar-refractivity contribution is -0.139. The largest absolute Gasteiger partial charge is 0.486 e. The van der Waals surface area contributed by atoms with Crippen LogP contribution in [0.1, 0.15) is 5.56 Å². The molecule has 0 saturated carbocycles. The zero-order valence-electron chi connectivity index (χ0n) is 18.3. The number of halogens is 1. The van der Waals surface area contributed by atoms with E-state index in [9.17, 15) is 4.79 Å². The Morgan fingerprint density at radius 1 is 1.17 bits per heavy atom. The molecule has 5 rings (SSSR count). The van der Waals surface area contributed by atoms with Crippen molar-refractivity contribution in [2.24, 2.45) is 4.99 Å². The summed E-state index contributed by atoms with van der Waals surface area (Å²) in [5.41, 5.74) is 3.19. The van der Waals surface area contributed by atoms with E-state index in [4.69, 9.17) is 31.3 Å². The van der Waals surface area contributed by atoms with Crippen LogP contribution in [0.3, 0.4) is 0 Å². The Bertz CT molecular complexity index is 1440. The van der Waals surface area contributed by atoms with Gasteiger partial charge in [-0.2, -0.15) is 4.37 Å². The summed E-state index contributed by atoms with van der Waals surface area (Å²) >= 11 is 8.09. The molecule has 1 aromatic heterocycles. The second-order valence-electron chi connectivity index (χ2n) is 7.75. The molecular formula is C25H20ClN3O5S. The van der Waals surface area contributed by atoms with Gasteiger partial charge < -0.3 is 25.0 Å². The molecule has 2 heterocycles. The fraction of sp³-hybridized carbons (Fsp3) is 0.160. The monoisotopic (exact) mass is 509 g/mol. The fourth-order valence-electron chi connectivity index (χ4n) is 3.68. The number of nitrogens with one attached hydrogen (secondary N) is 1. The van der Waals surface area contributed by atoms with Crippen LogP contribution in [0.25, 0.3) is 21.2 Å². The predicted molar refractivity (Wildman–Crippen MR) is 137 cm³/mol. The smallest absolute Gasteiger partial charge is 0.330 e. The van der Waals surface area contributed by atoms with Gasteiger partial charge >= 0.3 is 5.97 Å². The molecule has 1 atom stereocenters. The van der Waals surface area contributed by atoms with Crippen LogP contribution in [0.5, 0.6) is 11.5 Å². The van der Waals surface area contributed by atoms with E-state index in [1.165, 1.54) is 17.7 Å². The van der Waals surface area contributed by atoms with Crippen LogP contribution in [-0.4, -0.2) is 52.6 Å². The first-order valence-electron chi connectivity index (χ1n) is 10.8. The maximum atomic E-state index is 11.0. The van der Waals surface area contributed by atoms with Crippen molar-refractivity contribution in [3.8, 4) is 22.6 Å². The van der Waals surface area contributed by atoms with E-state index in [1.807, 2.05) is 54.6 Å². The number of aliphatic hydroxyl groups excluding tert-OH is 1. The van der Waals surface area contributed by atoms with Gasteiger partial charge in [-0.1, -0.05) is 35.9 Å². The molecular weight excluding hydrogens is 490 g/mol. The van der Waals surface area contributed by atoms with Crippen molar-refractivity contribution in [2.45, 2.75) is 6.04 Å². The minimum absolute atomic E-state index is 0.512. The summed E-state index contributed by atoms with van der Waals surface area (Å²) in [6.07, 6.45) is 1.44. The van der Waals surface area contributed by atoms with Gasteiger partial charge in [0, 0.05) is 17.2 Å². The third-order valence-electron chi connectivity index (χ3n) is 5.46. The van der Waals surface area contributed by atoms with Gasteiger partial charge in [-0.3, -0.25) is 4.99 Å². The Labute approximate surface area is 209 Å². The summed E-state index contributed by atoms with van der Waals surface area (Å²) in [5.74, 6) is 0.901. The molecule has 1 aliphatic heterocycles. The van der Waals surface area contributed by atoms with Crippen LogP contribution < -0.4 is 14.8 Å². The van der Waals surface area contributed by atoms with Crippen molar-refractivity contribution < 1.29 is 24.5 Å². The number of hydrogen-bond donors (Lipinski definition) is 3. The number of aliphatic carboxylic acids is 1. The van der Waals surface area contributed by atoms with Crippen molar-refractivity contribution in [3.63, 3.8) is 0 Å². The highest BCUT2D eigenvalue weighted by atomic mass is 35.5. The number of carboxylic acid groups (broad SMARTS) is 1. The molecule has 0 radical (unpaired) electrons. The van der Waals surface area contributed by atoms with Crippen molar-refractivity contribution >= 4 is 56.9 Å². The minimum Gasteiger partial charge on any atom is -0.486 e. The van der Waals surface area contributed by atoms with Gasteiger partial charge in [0.05, 0.1) is 22.0 Å². The van der Waals surface area contributed by atoms with Gasteiger partial charge in [-0.15, -0.1) is 0 Å². The number of aromatic nitrogens is 1. The lowest BCUT2D eigenvalue weighted by atomic mass is 10.0. The molecule has 3 N–H and O–H groups in total. The highest BCUT2D eigenvalue weighted by Crippen LogP contribution is 2.40. The maximum Gasteiger partial charge on any atom is 0.330 e. The molecule has 0 bridgehead atoms. The first kappa shape index (κ1) is 23.1. The van der Waals surface area contributed by atoms with Gasteiger partial charge in [0.2, 0.25) is 0 Å². The maximum absolute atomic E-state index is 11.0. The number of benzene rings is 3. The average molecular weight is 510 g/mol. The molecule has 4 aromatic rings. The third kappa shape index (κ3) is 4.79. The Hall–Kier alpha value is -3.66.